The normalized spacial score (nSPS) is 13.0. The molecular weight excluding hydrogens is 200 g/mol. The molecule has 0 saturated carbocycles. The summed E-state index contributed by atoms with van der Waals surface area (Å²) in [6.07, 6.45) is 0. The Morgan fingerprint density at radius 2 is 2.00 bits per heavy atom. The van der Waals surface area contributed by atoms with Gasteiger partial charge in [-0.15, -0.1) is 11.6 Å². The van der Waals surface area contributed by atoms with Gasteiger partial charge in [0.2, 0.25) is 10.0 Å². The molecule has 0 atom stereocenters. The van der Waals surface area contributed by atoms with Gasteiger partial charge < -0.3 is 0 Å². The average molecular weight is 211 g/mol. The maximum atomic E-state index is 11.1. The maximum Gasteiger partial charge on any atom is 0.229 e. The first kappa shape index (κ1) is 11.7. The zero-order valence-corrected chi connectivity index (χ0v) is 8.78. The SMILES string of the molecule is CN(C(C)(C)C#N)S(=O)(=O)CCl. The van der Waals surface area contributed by atoms with Crippen LogP contribution in [0, 0.1) is 11.3 Å². The Morgan fingerprint density at radius 1 is 1.58 bits per heavy atom. The topological polar surface area (TPSA) is 61.2 Å². The second-order valence-electron chi connectivity index (χ2n) is 2.86. The maximum absolute atomic E-state index is 11.1. The molecule has 0 unspecified atom stereocenters. The van der Waals surface area contributed by atoms with E-state index in [1.165, 1.54) is 20.9 Å². The molecule has 0 aliphatic carbocycles. The molecule has 0 N–H and O–H groups in total. The summed E-state index contributed by atoms with van der Waals surface area (Å²) in [6.45, 7) is 3.02. The molecule has 0 aliphatic heterocycles. The lowest BCUT2D eigenvalue weighted by Gasteiger charge is -2.26. The number of alkyl halides is 1. The number of rotatable bonds is 3. The number of nitriles is 1. The van der Waals surface area contributed by atoms with Gasteiger partial charge in [0.05, 0.1) is 6.07 Å². The molecule has 0 aliphatic rings. The van der Waals surface area contributed by atoms with E-state index in [-0.39, 0.29) is 0 Å². The standard InChI is InChI=1S/C6H11ClN2O2S/c1-6(2,4-8)9(3)12(10,11)5-7/h5H2,1-3H3. The average Bonchev–Trinajstić information content (AvgIpc) is 2.03. The highest BCUT2D eigenvalue weighted by Gasteiger charge is 2.31. The predicted molar refractivity (Wildman–Crippen MR) is 47.1 cm³/mol. The summed E-state index contributed by atoms with van der Waals surface area (Å²) < 4.78 is 23.3. The Kier molecular flexibility index (Phi) is 3.51. The van der Waals surface area contributed by atoms with Crippen LogP contribution in [-0.4, -0.2) is 30.5 Å². The number of hydrogen-bond acceptors (Lipinski definition) is 3. The Balaban J connectivity index is 4.88. The minimum Gasteiger partial charge on any atom is -0.211 e. The summed E-state index contributed by atoms with van der Waals surface area (Å²) >= 11 is 5.21. The Hall–Kier alpha value is -0.310. The van der Waals surface area contributed by atoms with Crippen molar-refractivity contribution < 1.29 is 8.42 Å². The molecule has 0 aromatic rings. The number of nitrogens with zero attached hydrogens (tertiary/aromatic N) is 2. The summed E-state index contributed by atoms with van der Waals surface area (Å²) in [5, 5.41) is 8.12. The van der Waals surface area contributed by atoms with Crippen LogP contribution >= 0.6 is 11.6 Å². The monoisotopic (exact) mass is 210 g/mol. The third-order valence-electron chi connectivity index (χ3n) is 1.62. The molecule has 70 valence electrons. The lowest BCUT2D eigenvalue weighted by Crippen LogP contribution is -2.44. The highest BCUT2D eigenvalue weighted by Crippen LogP contribution is 2.15. The van der Waals surface area contributed by atoms with Crippen molar-refractivity contribution in [2.24, 2.45) is 0 Å². The van der Waals surface area contributed by atoms with Crippen molar-refractivity contribution in [3.63, 3.8) is 0 Å². The summed E-state index contributed by atoms with van der Waals surface area (Å²) in [5.41, 5.74) is -1.05. The molecule has 0 aromatic heterocycles. The van der Waals surface area contributed by atoms with Gasteiger partial charge in [-0.2, -0.15) is 9.57 Å². The molecule has 0 aromatic carbocycles. The molecule has 12 heavy (non-hydrogen) atoms. The van der Waals surface area contributed by atoms with Gasteiger partial charge >= 0.3 is 0 Å². The van der Waals surface area contributed by atoms with Crippen molar-refractivity contribution in [2.75, 3.05) is 12.3 Å². The van der Waals surface area contributed by atoms with Gasteiger partial charge in [0, 0.05) is 7.05 Å². The Labute approximate surface area is 77.8 Å². The summed E-state index contributed by atoms with van der Waals surface area (Å²) in [4.78, 5) is 0. The third-order valence-corrected chi connectivity index (χ3v) is 4.01. The number of hydrogen-bond donors (Lipinski definition) is 0. The molecule has 0 rings (SSSR count). The van der Waals surface area contributed by atoms with Crippen molar-refractivity contribution in [3.8, 4) is 6.07 Å². The smallest absolute Gasteiger partial charge is 0.211 e. The van der Waals surface area contributed by atoms with E-state index < -0.39 is 20.8 Å². The van der Waals surface area contributed by atoms with E-state index >= 15 is 0 Å². The highest BCUT2D eigenvalue weighted by atomic mass is 35.5. The van der Waals surface area contributed by atoms with Crippen molar-refractivity contribution in [1.82, 2.24) is 4.31 Å². The van der Waals surface area contributed by atoms with Crippen LogP contribution in [0.3, 0.4) is 0 Å². The van der Waals surface area contributed by atoms with E-state index in [9.17, 15) is 8.42 Å². The van der Waals surface area contributed by atoms with E-state index in [0.717, 1.165) is 4.31 Å². The second-order valence-corrected chi connectivity index (χ2v) is 5.44. The summed E-state index contributed by atoms with van der Waals surface area (Å²) in [7, 11) is -2.16. The molecule has 0 radical (unpaired) electrons. The minimum absolute atomic E-state index is 0.505. The highest BCUT2D eigenvalue weighted by molar-refractivity contribution is 7.90. The van der Waals surface area contributed by atoms with Crippen LogP contribution in [0.15, 0.2) is 0 Å². The fourth-order valence-corrected chi connectivity index (χ4v) is 1.81. The van der Waals surface area contributed by atoms with Gasteiger partial charge in [0.25, 0.3) is 0 Å². The Bertz CT molecular complexity index is 291. The lowest BCUT2D eigenvalue weighted by atomic mass is 10.1. The molecule has 0 spiro atoms. The van der Waals surface area contributed by atoms with Gasteiger partial charge in [-0.1, -0.05) is 0 Å². The first-order valence-electron chi connectivity index (χ1n) is 3.22. The fourth-order valence-electron chi connectivity index (χ4n) is 0.491. The van der Waals surface area contributed by atoms with Crippen LogP contribution in [0.2, 0.25) is 0 Å². The zero-order chi connectivity index (χ0) is 9.99. The van der Waals surface area contributed by atoms with Crippen LogP contribution in [0.25, 0.3) is 0 Å². The van der Waals surface area contributed by atoms with Crippen molar-refractivity contribution in [3.05, 3.63) is 0 Å². The van der Waals surface area contributed by atoms with Gasteiger partial charge in [-0.3, -0.25) is 0 Å². The van der Waals surface area contributed by atoms with Crippen molar-refractivity contribution in [1.29, 1.82) is 5.26 Å². The van der Waals surface area contributed by atoms with Gasteiger partial charge in [0.1, 0.15) is 10.8 Å². The first-order valence-corrected chi connectivity index (χ1v) is 5.36. The molecule has 0 saturated heterocycles. The van der Waals surface area contributed by atoms with E-state index in [4.69, 9.17) is 16.9 Å². The van der Waals surface area contributed by atoms with E-state index in [2.05, 4.69) is 0 Å². The fraction of sp³-hybridized carbons (Fsp3) is 0.833. The van der Waals surface area contributed by atoms with Crippen LogP contribution in [0.5, 0.6) is 0 Å². The molecule has 0 bridgehead atoms. The second kappa shape index (κ2) is 3.60. The first-order chi connectivity index (χ1) is 5.28. The Morgan fingerprint density at radius 3 is 2.25 bits per heavy atom. The quantitative estimate of drug-likeness (QED) is 0.646. The predicted octanol–water partition coefficient (Wildman–Crippen LogP) is 0.746. The molecule has 0 amide bonds. The molecule has 0 fully saturated rings. The molecule has 4 nitrogen and oxygen atoms in total. The van der Waals surface area contributed by atoms with Crippen LogP contribution in [0.1, 0.15) is 13.8 Å². The number of sulfonamides is 1. The van der Waals surface area contributed by atoms with E-state index in [1.807, 2.05) is 6.07 Å². The number of halogens is 1. The third kappa shape index (κ3) is 2.34. The van der Waals surface area contributed by atoms with Crippen LogP contribution < -0.4 is 0 Å². The van der Waals surface area contributed by atoms with Crippen LogP contribution in [-0.2, 0) is 10.0 Å². The molecule has 6 heteroatoms. The molecule has 0 heterocycles. The lowest BCUT2D eigenvalue weighted by molar-refractivity contribution is 0.339. The largest absolute Gasteiger partial charge is 0.229 e. The molecular formula is C6H11ClN2O2S. The summed E-state index contributed by atoms with van der Waals surface area (Å²) in [6, 6.07) is 1.87. The van der Waals surface area contributed by atoms with Crippen molar-refractivity contribution >= 4 is 21.6 Å². The van der Waals surface area contributed by atoms with E-state index in [1.54, 1.807) is 0 Å². The van der Waals surface area contributed by atoms with Crippen LogP contribution in [0.4, 0.5) is 0 Å². The zero-order valence-electron chi connectivity index (χ0n) is 7.20. The van der Waals surface area contributed by atoms with E-state index in [0.29, 0.717) is 0 Å². The van der Waals surface area contributed by atoms with Gasteiger partial charge in [-0.05, 0) is 13.8 Å². The summed E-state index contributed by atoms with van der Waals surface area (Å²) in [5.74, 6) is 0. The van der Waals surface area contributed by atoms with Gasteiger partial charge in [-0.25, -0.2) is 8.42 Å². The minimum atomic E-state index is -3.49. The van der Waals surface area contributed by atoms with Gasteiger partial charge in [0.15, 0.2) is 0 Å². The van der Waals surface area contributed by atoms with Crippen molar-refractivity contribution in [2.45, 2.75) is 19.4 Å².